The highest BCUT2D eigenvalue weighted by Gasteiger charge is 2.32. The molecule has 1 fully saturated rings. The van der Waals surface area contributed by atoms with E-state index in [1.165, 1.54) is 6.33 Å². The number of rotatable bonds is 3. The molecule has 2 aromatic heterocycles. The Hall–Kier alpha value is -2.02. The molecule has 1 saturated carbocycles. The Morgan fingerprint density at radius 3 is 2.73 bits per heavy atom. The zero-order valence-electron chi connectivity index (χ0n) is 13.0. The van der Waals surface area contributed by atoms with Crippen LogP contribution in [0.2, 0.25) is 0 Å². The van der Waals surface area contributed by atoms with E-state index in [2.05, 4.69) is 39.3 Å². The van der Waals surface area contributed by atoms with Gasteiger partial charge in [-0.1, -0.05) is 0 Å². The molecule has 0 radical (unpaired) electrons. The van der Waals surface area contributed by atoms with Gasteiger partial charge in [0.05, 0.1) is 11.6 Å². The molecule has 0 atom stereocenters. The number of hydrogen-bond donors (Lipinski definition) is 3. The molecule has 22 heavy (non-hydrogen) atoms. The molecule has 7 nitrogen and oxygen atoms in total. The molecule has 4 N–H and O–H groups in total. The van der Waals surface area contributed by atoms with Crippen molar-refractivity contribution in [2.75, 3.05) is 5.32 Å². The summed E-state index contributed by atoms with van der Waals surface area (Å²) in [4.78, 5) is 20.7. The van der Waals surface area contributed by atoms with Crippen LogP contribution in [0.3, 0.4) is 0 Å². The van der Waals surface area contributed by atoms with Gasteiger partial charge in [-0.3, -0.25) is 9.89 Å². The maximum absolute atomic E-state index is 12.5. The van der Waals surface area contributed by atoms with Crippen molar-refractivity contribution in [2.24, 2.45) is 17.6 Å². The van der Waals surface area contributed by atoms with Gasteiger partial charge in [0.25, 0.3) is 0 Å². The summed E-state index contributed by atoms with van der Waals surface area (Å²) in [6.07, 6.45) is 6.77. The molecule has 0 unspecified atom stereocenters. The third-order valence-electron chi connectivity index (χ3n) is 4.64. The minimum Gasteiger partial charge on any atom is -0.325 e. The Balaban J connectivity index is 1.65. The molecule has 118 valence electrons. The van der Waals surface area contributed by atoms with Gasteiger partial charge in [0.1, 0.15) is 12.1 Å². The number of carbonyl (C=O) groups is 1. The lowest BCUT2D eigenvalue weighted by molar-refractivity contribution is -0.121. The maximum Gasteiger partial charge on any atom is 0.228 e. The van der Waals surface area contributed by atoms with Gasteiger partial charge in [-0.15, -0.1) is 0 Å². The van der Waals surface area contributed by atoms with Gasteiger partial charge in [0.2, 0.25) is 5.91 Å². The highest BCUT2D eigenvalue weighted by molar-refractivity contribution is 5.98. The molecule has 0 aliphatic heterocycles. The summed E-state index contributed by atoms with van der Waals surface area (Å²) in [5.41, 5.74) is 6.63. The molecule has 0 aromatic carbocycles. The molecule has 7 heteroatoms. The number of aromatic nitrogens is 4. The van der Waals surface area contributed by atoms with Crippen LogP contribution in [0.15, 0.2) is 12.5 Å². The quantitative estimate of drug-likeness (QED) is 0.801. The lowest BCUT2D eigenvalue weighted by Gasteiger charge is -2.36. The van der Waals surface area contributed by atoms with E-state index in [4.69, 9.17) is 5.73 Å². The number of carbonyl (C=O) groups excluding carboxylic acids is 1. The largest absolute Gasteiger partial charge is 0.325 e. The van der Waals surface area contributed by atoms with Crippen molar-refractivity contribution in [3.63, 3.8) is 0 Å². The predicted octanol–water partition coefficient (Wildman–Crippen LogP) is 1.84. The minimum absolute atomic E-state index is 0.0227. The van der Waals surface area contributed by atoms with Crippen LogP contribution in [-0.2, 0) is 4.79 Å². The van der Waals surface area contributed by atoms with E-state index in [9.17, 15) is 4.79 Å². The molecule has 2 heterocycles. The summed E-state index contributed by atoms with van der Waals surface area (Å²) in [7, 11) is 0. The number of aromatic amines is 1. The average molecular weight is 302 g/mol. The lowest BCUT2D eigenvalue weighted by atomic mass is 9.73. The second-order valence-corrected chi connectivity index (χ2v) is 6.71. The predicted molar refractivity (Wildman–Crippen MR) is 84.0 cm³/mol. The molecular weight excluding hydrogens is 280 g/mol. The molecule has 0 bridgehead atoms. The Labute approximate surface area is 129 Å². The first-order chi connectivity index (χ1) is 10.4. The Morgan fingerprint density at radius 2 is 2.05 bits per heavy atom. The second-order valence-electron chi connectivity index (χ2n) is 6.71. The summed E-state index contributed by atoms with van der Waals surface area (Å²) in [5.74, 6) is 1.05. The monoisotopic (exact) mass is 302 g/mol. The van der Waals surface area contributed by atoms with Crippen LogP contribution >= 0.6 is 0 Å². The van der Waals surface area contributed by atoms with Crippen molar-refractivity contribution in [1.29, 1.82) is 0 Å². The number of anilines is 1. The van der Waals surface area contributed by atoms with Crippen molar-refractivity contribution in [1.82, 2.24) is 20.2 Å². The summed E-state index contributed by atoms with van der Waals surface area (Å²) < 4.78 is 0. The maximum atomic E-state index is 12.5. The van der Waals surface area contributed by atoms with E-state index in [0.717, 1.165) is 31.1 Å². The van der Waals surface area contributed by atoms with Gasteiger partial charge in [0.15, 0.2) is 5.65 Å². The van der Waals surface area contributed by atoms with Crippen molar-refractivity contribution in [3.8, 4) is 0 Å². The number of H-pyrrole nitrogens is 1. The van der Waals surface area contributed by atoms with E-state index >= 15 is 0 Å². The Morgan fingerprint density at radius 1 is 1.32 bits per heavy atom. The Kier molecular flexibility index (Phi) is 3.82. The molecule has 1 aliphatic rings. The number of nitrogens with one attached hydrogen (secondary N) is 2. The molecular formula is C15H22N6O. The summed E-state index contributed by atoms with van der Waals surface area (Å²) in [6, 6.07) is 0. The molecule has 1 aliphatic carbocycles. The smallest absolute Gasteiger partial charge is 0.228 e. The summed E-state index contributed by atoms with van der Waals surface area (Å²) >= 11 is 0. The van der Waals surface area contributed by atoms with Crippen LogP contribution in [-0.4, -0.2) is 31.6 Å². The van der Waals surface area contributed by atoms with Gasteiger partial charge in [-0.05, 0) is 45.4 Å². The van der Waals surface area contributed by atoms with Crippen LogP contribution in [0.5, 0.6) is 0 Å². The number of nitrogens with zero attached hydrogens (tertiary/aromatic N) is 3. The first kappa shape index (κ1) is 14.9. The van der Waals surface area contributed by atoms with Crippen molar-refractivity contribution in [2.45, 2.75) is 45.1 Å². The van der Waals surface area contributed by atoms with Crippen LogP contribution in [0.4, 0.5) is 5.82 Å². The highest BCUT2D eigenvalue weighted by atomic mass is 16.1. The van der Waals surface area contributed by atoms with E-state index in [1.54, 1.807) is 6.20 Å². The molecule has 1 amide bonds. The van der Waals surface area contributed by atoms with Gasteiger partial charge >= 0.3 is 0 Å². The number of hydrogen-bond acceptors (Lipinski definition) is 5. The van der Waals surface area contributed by atoms with Gasteiger partial charge < -0.3 is 11.1 Å². The zero-order valence-corrected chi connectivity index (χ0v) is 13.0. The number of nitrogens with two attached hydrogens (primary N) is 1. The third-order valence-corrected chi connectivity index (χ3v) is 4.64. The molecule has 0 saturated heterocycles. The zero-order chi connectivity index (χ0) is 15.7. The minimum atomic E-state index is -0.170. The van der Waals surface area contributed by atoms with Gasteiger partial charge in [0, 0.05) is 11.5 Å². The van der Waals surface area contributed by atoms with Crippen molar-refractivity contribution >= 4 is 22.8 Å². The van der Waals surface area contributed by atoms with Gasteiger partial charge in [-0.25, -0.2) is 9.97 Å². The Bertz CT molecular complexity index is 666. The van der Waals surface area contributed by atoms with E-state index in [1.807, 2.05) is 0 Å². The standard InChI is InChI=1S/C15H22N6O/c1-15(2,16)10-5-3-9(4-6-10)14(22)20-12-11-7-19-21-13(11)18-8-17-12/h7-10H,3-6,16H2,1-2H3,(H2,17,18,19,20,21,22)/t9-,10-. The van der Waals surface area contributed by atoms with Crippen LogP contribution in [0.25, 0.3) is 11.0 Å². The molecule has 2 aromatic rings. The SMILES string of the molecule is CC(C)(N)[C@H]1CC[C@H](C(=O)Nc2ncnc3[nH]ncc23)CC1. The van der Waals surface area contributed by atoms with Crippen LogP contribution in [0.1, 0.15) is 39.5 Å². The fourth-order valence-electron chi connectivity index (χ4n) is 3.18. The lowest BCUT2D eigenvalue weighted by Crippen LogP contribution is -2.43. The summed E-state index contributed by atoms with van der Waals surface area (Å²) in [5, 5.41) is 10.3. The van der Waals surface area contributed by atoms with Crippen LogP contribution < -0.4 is 11.1 Å². The third kappa shape index (κ3) is 2.94. The van der Waals surface area contributed by atoms with E-state index < -0.39 is 0 Å². The normalized spacial score (nSPS) is 22.7. The van der Waals surface area contributed by atoms with Crippen molar-refractivity contribution < 1.29 is 4.79 Å². The molecule has 0 spiro atoms. The first-order valence-electron chi connectivity index (χ1n) is 7.69. The summed E-state index contributed by atoms with van der Waals surface area (Å²) in [6.45, 7) is 4.13. The second kappa shape index (κ2) is 5.64. The van der Waals surface area contributed by atoms with Crippen LogP contribution in [0, 0.1) is 11.8 Å². The first-order valence-corrected chi connectivity index (χ1v) is 7.69. The highest BCUT2D eigenvalue weighted by Crippen LogP contribution is 2.34. The van der Waals surface area contributed by atoms with Crippen molar-refractivity contribution in [3.05, 3.63) is 12.5 Å². The topological polar surface area (TPSA) is 110 Å². The van der Waals surface area contributed by atoms with E-state index in [-0.39, 0.29) is 17.4 Å². The van der Waals surface area contributed by atoms with Gasteiger partial charge in [-0.2, -0.15) is 5.10 Å². The average Bonchev–Trinajstić information content (AvgIpc) is 2.96. The fourth-order valence-corrected chi connectivity index (χ4v) is 3.18. The number of amides is 1. The fraction of sp³-hybridized carbons (Fsp3) is 0.600. The molecule has 3 rings (SSSR count). The van der Waals surface area contributed by atoms with E-state index in [0.29, 0.717) is 17.4 Å². The number of fused-ring (bicyclic) bond motifs is 1.